The van der Waals surface area contributed by atoms with E-state index in [9.17, 15) is 9.90 Å². The molecule has 2 aromatic rings. The van der Waals surface area contributed by atoms with Crippen LogP contribution in [-0.4, -0.2) is 30.4 Å². The van der Waals surface area contributed by atoms with Crippen molar-refractivity contribution in [1.29, 1.82) is 0 Å². The molecule has 0 saturated carbocycles. The summed E-state index contributed by atoms with van der Waals surface area (Å²) in [5.41, 5.74) is 3.77. The lowest BCUT2D eigenvalue weighted by atomic mass is 10.2. The van der Waals surface area contributed by atoms with Gasteiger partial charge in [0.2, 0.25) is 0 Å². The van der Waals surface area contributed by atoms with Crippen molar-refractivity contribution in [2.45, 2.75) is 13.8 Å². The summed E-state index contributed by atoms with van der Waals surface area (Å²) < 4.78 is 10.7. The summed E-state index contributed by atoms with van der Waals surface area (Å²) in [5.74, 6) is 0.860. The third-order valence-corrected chi connectivity index (χ3v) is 3.16. The molecule has 6 nitrogen and oxygen atoms in total. The Labute approximate surface area is 140 Å². The molecule has 0 unspecified atom stereocenters. The predicted molar refractivity (Wildman–Crippen MR) is 91.7 cm³/mol. The Morgan fingerprint density at radius 1 is 1.25 bits per heavy atom. The van der Waals surface area contributed by atoms with E-state index in [-0.39, 0.29) is 18.3 Å². The van der Waals surface area contributed by atoms with Gasteiger partial charge < -0.3 is 14.6 Å². The number of carbonyl (C=O) groups excluding carboxylic acids is 1. The Hall–Kier alpha value is -3.02. The van der Waals surface area contributed by atoms with E-state index >= 15 is 0 Å². The van der Waals surface area contributed by atoms with Crippen molar-refractivity contribution >= 4 is 12.1 Å². The van der Waals surface area contributed by atoms with Gasteiger partial charge >= 0.3 is 0 Å². The average molecular weight is 328 g/mol. The lowest BCUT2D eigenvalue weighted by molar-refractivity contribution is -0.123. The van der Waals surface area contributed by atoms with Crippen LogP contribution in [0.15, 0.2) is 47.6 Å². The molecule has 0 heterocycles. The molecule has 2 aromatic carbocycles. The van der Waals surface area contributed by atoms with Gasteiger partial charge in [-0.3, -0.25) is 4.79 Å². The van der Waals surface area contributed by atoms with Crippen LogP contribution in [0.4, 0.5) is 0 Å². The zero-order valence-corrected chi connectivity index (χ0v) is 13.7. The van der Waals surface area contributed by atoms with Gasteiger partial charge in [0.1, 0.15) is 17.2 Å². The number of ether oxygens (including phenoxy) is 2. The first kappa shape index (κ1) is 17.3. The number of hydrazone groups is 1. The second-order valence-electron chi connectivity index (χ2n) is 5.00. The third-order valence-electron chi connectivity index (χ3n) is 3.16. The number of hydrogen-bond donors (Lipinski definition) is 2. The molecule has 1 amide bonds. The molecule has 0 atom stereocenters. The first-order valence-corrected chi connectivity index (χ1v) is 7.56. The Morgan fingerprint density at radius 3 is 2.75 bits per heavy atom. The Kier molecular flexibility index (Phi) is 6.19. The summed E-state index contributed by atoms with van der Waals surface area (Å²) in [4.78, 5) is 11.7. The van der Waals surface area contributed by atoms with Crippen LogP contribution in [0.2, 0.25) is 0 Å². The van der Waals surface area contributed by atoms with Crippen molar-refractivity contribution in [3.8, 4) is 17.2 Å². The van der Waals surface area contributed by atoms with E-state index in [1.807, 2.05) is 32.0 Å². The SMILES string of the molecule is CCOc1ccc(C=NNC(=O)COc2ccccc2C)c(O)c1. The Bertz CT molecular complexity index is 729. The van der Waals surface area contributed by atoms with Gasteiger partial charge in [-0.2, -0.15) is 5.10 Å². The van der Waals surface area contributed by atoms with E-state index in [4.69, 9.17) is 9.47 Å². The number of aryl methyl sites for hydroxylation is 1. The van der Waals surface area contributed by atoms with E-state index in [0.717, 1.165) is 5.56 Å². The van der Waals surface area contributed by atoms with E-state index in [1.165, 1.54) is 12.3 Å². The summed E-state index contributed by atoms with van der Waals surface area (Å²) in [6, 6.07) is 12.3. The summed E-state index contributed by atoms with van der Waals surface area (Å²) in [5, 5.41) is 13.7. The number of hydrogen-bond acceptors (Lipinski definition) is 5. The highest BCUT2D eigenvalue weighted by Gasteiger charge is 2.04. The quantitative estimate of drug-likeness (QED) is 0.605. The minimum Gasteiger partial charge on any atom is -0.507 e. The Morgan fingerprint density at radius 2 is 2.04 bits per heavy atom. The van der Waals surface area contributed by atoms with Gasteiger partial charge in [0.05, 0.1) is 12.8 Å². The number of para-hydroxylation sites is 1. The number of benzene rings is 2. The Balaban J connectivity index is 1.85. The number of carbonyl (C=O) groups is 1. The molecule has 0 fully saturated rings. The van der Waals surface area contributed by atoms with Crippen LogP contribution in [-0.2, 0) is 4.79 Å². The average Bonchev–Trinajstić information content (AvgIpc) is 2.56. The van der Waals surface area contributed by atoms with E-state index < -0.39 is 0 Å². The molecule has 126 valence electrons. The molecule has 2 rings (SSSR count). The standard InChI is InChI=1S/C18H20N2O4/c1-3-23-15-9-8-14(16(21)10-15)11-19-20-18(22)12-24-17-7-5-4-6-13(17)2/h4-11,21H,3,12H2,1-2H3,(H,20,22). The molecule has 0 aliphatic heterocycles. The number of nitrogens with zero attached hydrogens (tertiary/aromatic N) is 1. The second kappa shape index (κ2) is 8.57. The molecule has 2 N–H and O–H groups in total. The topological polar surface area (TPSA) is 80.2 Å². The summed E-state index contributed by atoms with van der Waals surface area (Å²) >= 11 is 0. The molecule has 6 heteroatoms. The number of phenolic OH excluding ortho intramolecular Hbond substituents is 1. The van der Waals surface area contributed by atoms with Crippen LogP contribution in [0.3, 0.4) is 0 Å². The summed E-state index contributed by atoms with van der Waals surface area (Å²) in [7, 11) is 0. The highest BCUT2D eigenvalue weighted by atomic mass is 16.5. The molecule has 0 aromatic heterocycles. The number of phenols is 1. The zero-order chi connectivity index (χ0) is 17.4. The minimum absolute atomic E-state index is 0.0232. The maximum atomic E-state index is 11.7. The van der Waals surface area contributed by atoms with Gasteiger partial charge in [0, 0.05) is 11.6 Å². The van der Waals surface area contributed by atoms with Gasteiger partial charge in [-0.25, -0.2) is 5.43 Å². The van der Waals surface area contributed by atoms with Crippen LogP contribution in [0.25, 0.3) is 0 Å². The largest absolute Gasteiger partial charge is 0.507 e. The van der Waals surface area contributed by atoms with Crippen LogP contribution < -0.4 is 14.9 Å². The van der Waals surface area contributed by atoms with Crippen molar-refractivity contribution in [3.05, 3.63) is 53.6 Å². The number of amides is 1. The maximum Gasteiger partial charge on any atom is 0.277 e. The third kappa shape index (κ3) is 5.01. The van der Waals surface area contributed by atoms with Gasteiger partial charge in [0.25, 0.3) is 5.91 Å². The minimum atomic E-state index is -0.389. The predicted octanol–water partition coefficient (Wildman–Crippen LogP) is 2.63. The monoisotopic (exact) mass is 328 g/mol. The van der Waals surface area contributed by atoms with E-state index in [0.29, 0.717) is 23.7 Å². The molecule has 0 aliphatic carbocycles. The van der Waals surface area contributed by atoms with Gasteiger partial charge in [-0.1, -0.05) is 18.2 Å². The summed E-state index contributed by atoms with van der Waals surface area (Å²) in [6.45, 7) is 4.14. The van der Waals surface area contributed by atoms with Crippen molar-refractivity contribution in [2.24, 2.45) is 5.10 Å². The van der Waals surface area contributed by atoms with Gasteiger partial charge in [-0.05, 0) is 37.6 Å². The fourth-order valence-corrected chi connectivity index (χ4v) is 1.96. The lowest BCUT2D eigenvalue weighted by Crippen LogP contribution is -2.24. The smallest absolute Gasteiger partial charge is 0.277 e. The molecule has 0 radical (unpaired) electrons. The fourth-order valence-electron chi connectivity index (χ4n) is 1.96. The van der Waals surface area contributed by atoms with Crippen LogP contribution in [0.5, 0.6) is 17.2 Å². The molecule has 0 saturated heterocycles. The normalized spacial score (nSPS) is 10.6. The fraction of sp³-hybridized carbons (Fsp3) is 0.222. The molecule has 0 aliphatic rings. The molecule has 24 heavy (non-hydrogen) atoms. The van der Waals surface area contributed by atoms with Crippen molar-refractivity contribution < 1.29 is 19.4 Å². The van der Waals surface area contributed by atoms with E-state index in [2.05, 4.69) is 10.5 Å². The van der Waals surface area contributed by atoms with Crippen molar-refractivity contribution in [3.63, 3.8) is 0 Å². The van der Waals surface area contributed by atoms with Crippen LogP contribution in [0.1, 0.15) is 18.1 Å². The molecular formula is C18H20N2O4. The molecular weight excluding hydrogens is 308 g/mol. The lowest BCUT2D eigenvalue weighted by Gasteiger charge is -2.07. The highest BCUT2D eigenvalue weighted by molar-refractivity contribution is 5.85. The van der Waals surface area contributed by atoms with Gasteiger partial charge in [0.15, 0.2) is 6.61 Å². The van der Waals surface area contributed by atoms with Crippen LogP contribution in [0, 0.1) is 6.92 Å². The number of rotatable bonds is 7. The molecule has 0 bridgehead atoms. The summed E-state index contributed by atoms with van der Waals surface area (Å²) in [6.07, 6.45) is 1.36. The van der Waals surface area contributed by atoms with E-state index in [1.54, 1.807) is 18.2 Å². The van der Waals surface area contributed by atoms with Crippen LogP contribution >= 0.6 is 0 Å². The first-order valence-electron chi connectivity index (χ1n) is 7.56. The maximum absolute atomic E-state index is 11.7. The first-order chi connectivity index (χ1) is 11.6. The van der Waals surface area contributed by atoms with Crippen molar-refractivity contribution in [2.75, 3.05) is 13.2 Å². The zero-order valence-electron chi connectivity index (χ0n) is 13.7. The molecule has 0 spiro atoms. The number of nitrogens with one attached hydrogen (secondary N) is 1. The second-order valence-corrected chi connectivity index (χ2v) is 5.00. The van der Waals surface area contributed by atoms with Crippen molar-refractivity contribution in [1.82, 2.24) is 5.43 Å². The highest BCUT2D eigenvalue weighted by Crippen LogP contribution is 2.22. The number of aromatic hydroxyl groups is 1. The van der Waals surface area contributed by atoms with Gasteiger partial charge in [-0.15, -0.1) is 0 Å².